The lowest BCUT2D eigenvalue weighted by atomic mass is 9.83. The van der Waals surface area contributed by atoms with Gasteiger partial charge in [0, 0.05) is 11.3 Å². The highest BCUT2D eigenvalue weighted by molar-refractivity contribution is 7.09. The number of benzene rings is 1. The minimum absolute atomic E-state index is 0.120. The lowest BCUT2D eigenvalue weighted by molar-refractivity contribution is -0.155. The van der Waals surface area contributed by atoms with E-state index in [1.807, 2.05) is 42.6 Å². The van der Waals surface area contributed by atoms with Gasteiger partial charge in [-0.25, -0.2) is 9.78 Å². The van der Waals surface area contributed by atoms with Crippen molar-refractivity contribution in [3.8, 4) is 0 Å². The summed E-state index contributed by atoms with van der Waals surface area (Å²) in [6.07, 6.45) is 1.86. The van der Waals surface area contributed by atoms with Gasteiger partial charge in [0.25, 0.3) is 0 Å². The fraction of sp³-hybridized carbons (Fsp3) is 0.381. The Hall–Kier alpha value is -2.47. The van der Waals surface area contributed by atoms with E-state index in [4.69, 9.17) is 4.74 Å². The van der Waals surface area contributed by atoms with Crippen molar-refractivity contribution in [2.24, 2.45) is 5.92 Å². The number of aryl methyl sites for hydroxylation is 2. The molecule has 2 aliphatic rings. The van der Waals surface area contributed by atoms with Gasteiger partial charge in [0.05, 0.1) is 16.3 Å². The number of nitrogens with zero attached hydrogens (tertiary/aromatic N) is 1. The molecule has 6 heteroatoms. The molecule has 0 bridgehead atoms. The van der Waals surface area contributed by atoms with Gasteiger partial charge in [0.2, 0.25) is 5.78 Å². The van der Waals surface area contributed by atoms with Crippen LogP contribution >= 0.6 is 11.3 Å². The first-order chi connectivity index (χ1) is 13.0. The Kier molecular flexibility index (Phi) is 4.83. The third-order valence-corrected chi connectivity index (χ3v) is 5.96. The lowest BCUT2D eigenvalue weighted by Crippen LogP contribution is -2.37. The SMILES string of the molecule is Cc1nc(CCC2OC(=O)C(C(c3ccccc3)C3CC3)=C(O)C2=O)cs1. The zero-order chi connectivity index (χ0) is 19.0. The molecule has 4 rings (SSSR count). The van der Waals surface area contributed by atoms with Crippen molar-refractivity contribution in [2.75, 3.05) is 0 Å². The van der Waals surface area contributed by atoms with Crippen LogP contribution in [-0.4, -0.2) is 27.9 Å². The predicted molar refractivity (Wildman–Crippen MR) is 102 cm³/mol. The Morgan fingerprint density at radius 3 is 2.63 bits per heavy atom. The number of aromatic nitrogens is 1. The first kappa shape index (κ1) is 17.9. The number of thiazole rings is 1. The Morgan fingerprint density at radius 1 is 1.26 bits per heavy atom. The number of carbonyl (C=O) groups excluding carboxylic acids is 2. The maximum absolute atomic E-state index is 12.7. The van der Waals surface area contributed by atoms with Crippen LogP contribution in [0, 0.1) is 12.8 Å². The number of Topliss-reactive ketones (excluding diaryl/α,β-unsaturated/α-hetero) is 1. The van der Waals surface area contributed by atoms with Crippen molar-refractivity contribution in [1.82, 2.24) is 4.98 Å². The molecule has 0 amide bonds. The fourth-order valence-corrected chi connectivity index (χ4v) is 4.31. The summed E-state index contributed by atoms with van der Waals surface area (Å²) < 4.78 is 5.46. The monoisotopic (exact) mass is 383 g/mol. The molecule has 1 aromatic heterocycles. The summed E-state index contributed by atoms with van der Waals surface area (Å²) in [5.74, 6) is -1.53. The third kappa shape index (κ3) is 3.67. The van der Waals surface area contributed by atoms with Crippen molar-refractivity contribution < 1.29 is 19.4 Å². The van der Waals surface area contributed by atoms with Gasteiger partial charge < -0.3 is 9.84 Å². The van der Waals surface area contributed by atoms with E-state index in [9.17, 15) is 14.7 Å². The highest BCUT2D eigenvalue weighted by Gasteiger charge is 2.45. The third-order valence-electron chi connectivity index (χ3n) is 5.14. The van der Waals surface area contributed by atoms with Gasteiger partial charge in [-0.15, -0.1) is 11.3 Å². The number of ether oxygens (including phenoxy) is 1. The van der Waals surface area contributed by atoms with Crippen molar-refractivity contribution in [1.29, 1.82) is 0 Å². The summed E-state index contributed by atoms with van der Waals surface area (Å²) in [6, 6.07) is 9.56. The summed E-state index contributed by atoms with van der Waals surface area (Å²) in [5, 5.41) is 13.5. The molecule has 1 aliphatic heterocycles. The van der Waals surface area contributed by atoms with Gasteiger partial charge in [-0.3, -0.25) is 4.79 Å². The van der Waals surface area contributed by atoms with Gasteiger partial charge >= 0.3 is 5.97 Å². The van der Waals surface area contributed by atoms with E-state index in [2.05, 4.69) is 4.98 Å². The summed E-state index contributed by atoms with van der Waals surface area (Å²) in [4.78, 5) is 29.8. The molecule has 2 heterocycles. The van der Waals surface area contributed by atoms with Gasteiger partial charge in [0.1, 0.15) is 0 Å². The second-order valence-corrected chi connectivity index (χ2v) is 8.21. The molecule has 2 aromatic rings. The number of esters is 1. The maximum atomic E-state index is 12.7. The van der Waals surface area contributed by atoms with Gasteiger partial charge in [-0.2, -0.15) is 0 Å². The highest BCUT2D eigenvalue weighted by Crippen LogP contribution is 2.48. The molecule has 5 nitrogen and oxygen atoms in total. The van der Waals surface area contributed by atoms with Gasteiger partial charge in [0.15, 0.2) is 11.9 Å². The number of hydrogen-bond acceptors (Lipinski definition) is 6. The maximum Gasteiger partial charge on any atom is 0.339 e. The predicted octanol–water partition coefficient (Wildman–Crippen LogP) is 3.88. The van der Waals surface area contributed by atoms with Crippen LogP contribution in [0.15, 0.2) is 47.0 Å². The second kappa shape index (κ2) is 7.27. The molecule has 1 fully saturated rings. The minimum Gasteiger partial charge on any atom is -0.504 e. The van der Waals surface area contributed by atoms with E-state index in [1.165, 1.54) is 0 Å². The Labute approximate surface area is 161 Å². The van der Waals surface area contributed by atoms with Crippen LogP contribution in [0.5, 0.6) is 0 Å². The van der Waals surface area contributed by atoms with Gasteiger partial charge in [-0.1, -0.05) is 30.3 Å². The molecule has 0 spiro atoms. The first-order valence-corrected chi connectivity index (χ1v) is 10.1. The average molecular weight is 383 g/mol. The number of cyclic esters (lactones) is 1. The molecular formula is C21H21NO4S. The van der Waals surface area contributed by atoms with Crippen molar-refractivity contribution in [3.63, 3.8) is 0 Å². The average Bonchev–Trinajstić information content (AvgIpc) is 3.42. The summed E-state index contributed by atoms with van der Waals surface area (Å²) in [7, 11) is 0. The number of ketones is 1. The summed E-state index contributed by atoms with van der Waals surface area (Å²) >= 11 is 1.54. The second-order valence-electron chi connectivity index (χ2n) is 7.14. The molecule has 1 aromatic carbocycles. The minimum atomic E-state index is -0.945. The highest BCUT2D eigenvalue weighted by atomic mass is 32.1. The molecule has 1 N–H and O–H groups in total. The van der Waals surface area contributed by atoms with Crippen LogP contribution in [0.3, 0.4) is 0 Å². The smallest absolute Gasteiger partial charge is 0.339 e. The lowest BCUT2D eigenvalue weighted by Gasteiger charge is -2.27. The molecule has 27 heavy (non-hydrogen) atoms. The molecule has 2 atom stereocenters. The van der Waals surface area contributed by atoms with Crippen LogP contribution in [0.4, 0.5) is 0 Å². The molecule has 0 radical (unpaired) electrons. The number of aliphatic hydroxyl groups excluding tert-OH is 1. The summed E-state index contributed by atoms with van der Waals surface area (Å²) in [5.41, 5.74) is 1.92. The molecule has 0 saturated heterocycles. The number of aliphatic hydroxyl groups is 1. The Morgan fingerprint density at radius 2 is 2.00 bits per heavy atom. The van der Waals surface area contributed by atoms with Gasteiger partial charge in [-0.05, 0) is 44.1 Å². The van der Waals surface area contributed by atoms with E-state index in [0.717, 1.165) is 29.1 Å². The normalized spacial score (nSPS) is 21.3. The first-order valence-electron chi connectivity index (χ1n) is 9.19. The van der Waals surface area contributed by atoms with Crippen molar-refractivity contribution >= 4 is 23.1 Å². The molecule has 140 valence electrons. The standard InChI is InChI=1S/C21H21NO4S/c1-12-22-15(11-27-12)9-10-16-19(23)20(24)18(21(25)26-16)17(14-7-8-14)13-5-3-2-4-6-13/h2-6,11,14,16-17,24H,7-10H2,1H3. The van der Waals surface area contributed by atoms with E-state index in [1.54, 1.807) is 11.3 Å². The van der Waals surface area contributed by atoms with Crippen LogP contribution in [0.1, 0.15) is 41.4 Å². The summed E-state index contributed by atoms with van der Waals surface area (Å²) in [6.45, 7) is 1.92. The van der Waals surface area contributed by atoms with E-state index < -0.39 is 23.6 Å². The Balaban J connectivity index is 1.57. The quantitative estimate of drug-likeness (QED) is 0.766. The molecular weight excluding hydrogens is 362 g/mol. The molecule has 2 unspecified atom stereocenters. The van der Waals surface area contributed by atoms with E-state index >= 15 is 0 Å². The fourth-order valence-electron chi connectivity index (χ4n) is 3.66. The van der Waals surface area contributed by atoms with Crippen LogP contribution < -0.4 is 0 Å². The topological polar surface area (TPSA) is 76.5 Å². The number of hydrogen-bond donors (Lipinski definition) is 1. The Bertz CT molecular complexity index is 898. The van der Waals surface area contributed by atoms with Crippen LogP contribution in [0.25, 0.3) is 0 Å². The molecule has 1 aliphatic carbocycles. The number of rotatable bonds is 6. The number of carbonyl (C=O) groups is 2. The van der Waals surface area contributed by atoms with E-state index in [0.29, 0.717) is 12.8 Å². The molecule has 1 saturated carbocycles. The van der Waals surface area contributed by atoms with Crippen molar-refractivity contribution in [3.05, 3.63) is 63.3 Å². The largest absolute Gasteiger partial charge is 0.504 e. The van der Waals surface area contributed by atoms with Crippen LogP contribution in [-0.2, 0) is 20.7 Å². The van der Waals surface area contributed by atoms with Crippen LogP contribution in [0.2, 0.25) is 0 Å². The van der Waals surface area contributed by atoms with E-state index in [-0.39, 0.29) is 17.4 Å². The van der Waals surface area contributed by atoms with Crippen molar-refractivity contribution in [2.45, 2.75) is 44.6 Å². The zero-order valence-corrected chi connectivity index (χ0v) is 15.9. The zero-order valence-electron chi connectivity index (χ0n) is 15.1.